The topological polar surface area (TPSA) is 73.9 Å². The van der Waals surface area contributed by atoms with E-state index in [1.165, 1.54) is 13.2 Å². The summed E-state index contributed by atoms with van der Waals surface area (Å²) in [6.07, 6.45) is 0. The van der Waals surface area contributed by atoms with Crippen LogP contribution in [0.5, 0.6) is 5.75 Å². The molecule has 0 aliphatic heterocycles. The van der Waals surface area contributed by atoms with E-state index in [0.29, 0.717) is 16.3 Å². The second-order valence-electron chi connectivity index (χ2n) is 4.57. The summed E-state index contributed by atoms with van der Waals surface area (Å²) in [6.45, 7) is 1.96. The van der Waals surface area contributed by atoms with Crippen molar-refractivity contribution in [2.75, 3.05) is 7.11 Å². The monoisotopic (exact) mass is 318 g/mol. The van der Waals surface area contributed by atoms with Gasteiger partial charge in [0.25, 0.3) is 0 Å². The van der Waals surface area contributed by atoms with Gasteiger partial charge in [0.2, 0.25) is 0 Å². The molecule has 22 heavy (non-hydrogen) atoms. The minimum Gasteiger partial charge on any atom is -0.496 e. The van der Waals surface area contributed by atoms with Crippen LogP contribution in [0.2, 0.25) is 5.02 Å². The Morgan fingerprint density at radius 1 is 1.18 bits per heavy atom. The number of methoxy groups -OCH3 is 1. The van der Waals surface area contributed by atoms with Gasteiger partial charge in [-0.05, 0) is 25.1 Å². The van der Waals surface area contributed by atoms with Gasteiger partial charge in [-0.1, -0.05) is 46.6 Å². The average Bonchev–Trinajstić information content (AvgIpc) is 2.53. The lowest BCUT2D eigenvalue weighted by Crippen LogP contribution is -2.15. The lowest BCUT2D eigenvalue weighted by Gasteiger charge is -2.06. The van der Waals surface area contributed by atoms with Crippen molar-refractivity contribution in [1.82, 2.24) is 0 Å². The van der Waals surface area contributed by atoms with E-state index >= 15 is 0 Å². The molecule has 2 aromatic carbocycles. The molecule has 0 saturated heterocycles. The summed E-state index contributed by atoms with van der Waals surface area (Å²) >= 11 is 5.87. The van der Waals surface area contributed by atoms with Crippen molar-refractivity contribution in [3.05, 3.63) is 64.2 Å². The highest BCUT2D eigenvalue weighted by atomic mass is 35.5. The zero-order valence-electron chi connectivity index (χ0n) is 12.2. The number of halogens is 1. The van der Waals surface area contributed by atoms with Crippen LogP contribution >= 0.6 is 11.6 Å². The van der Waals surface area contributed by atoms with Crippen molar-refractivity contribution < 1.29 is 14.4 Å². The van der Waals surface area contributed by atoms with Crippen molar-refractivity contribution in [3.8, 4) is 5.75 Å². The Morgan fingerprint density at radius 3 is 2.50 bits per heavy atom. The van der Waals surface area contributed by atoms with Gasteiger partial charge in [-0.15, -0.1) is 0 Å². The van der Waals surface area contributed by atoms with E-state index in [0.717, 1.165) is 5.56 Å². The fraction of sp³-hybridized carbons (Fsp3) is 0.125. The second kappa shape index (κ2) is 6.95. The number of oxime groups is 1. The summed E-state index contributed by atoms with van der Waals surface area (Å²) in [5.74, 6) is -0.248. The molecule has 2 rings (SSSR count). The number of rotatable bonds is 4. The average molecular weight is 319 g/mol. The summed E-state index contributed by atoms with van der Waals surface area (Å²) < 4.78 is 5.09. The van der Waals surface area contributed by atoms with Crippen molar-refractivity contribution in [3.63, 3.8) is 0 Å². The third-order valence-electron chi connectivity index (χ3n) is 2.96. The molecule has 2 aromatic rings. The molecule has 0 aromatic heterocycles. The number of nitrogens with two attached hydrogens (primary N) is 1. The molecular formula is C16H15ClN2O3. The number of benzene rings is 2. The lowest BCUT2D eigenvalue weighted by atomic mass is 10.1. The third-order valence-corrected chi connectivity index (χ3v) is 3.19. The second-order valence-corrected chi connectivity index (χ2v) is 5.00. The van der Waals surface area contributed by atoms with E-state index in [-0.39, 0.29) is 11.4 Å². The van der Waals surface area contributed by atoms with Gasteiger partial charge in [0.1, 0.15) is 11.3 Å². The molecule has 0 fully saturated rings. The van der Waals surface area contributed by atoms with Crippen LogP contribution in [-0.4, -0.2) is 18.9 Å². The normalized spacial score (nSPS) is 11.1. The Labute approximate surface area is 133 Å². The standard InChI is InChI=1S/C16H15ClN2O3/c1-10-3-5-11(6-4-10)15(18)19-22-16(20)13-9-12(17)7-8-14(13)21-2/h3-9H,1-2H3,(H2,18,19). The molecule has 0 saturated carbocycles. The first kappa shape index (κ1) is 15.9. The van der Waals surface area contributed by atoms with E-state index in [4.69, 9.17) is 26.9 Å². The van der Waals surface area contributed by atoms with Crippen molar-refractivity contribution in [1.29, 1.82) is 0 Å². The molecule has 0 bridgehead atoms. The maximum Gasteiger partial charge on any atom is 0.369 e. The van der Waals surface area contributed by atoms with Crippen LogP contribution in [0.4, 0.5) is 0 Å². The first-order valence-electron chi connectivity index (χ1n) is 6.46. The van der Waals surface area contributed by atoms with E-state index in [9.17, 15) is 4.79 Å². The number of hydrogen-bond acceptors (Lipinski definition) is 4. The van der Waals surface area contributed by atoms with Crippen LogP contribution in [0, 0.1) is 6.92 Å². The van der Waals surface area contributed by atoms with Crippen molar-refractivity contribution in [2.45, 2.75) is 6.92 Å². The molecule has 2 N–H and O–H groups in total. The van der Waals surface area contributed by atoms with Crippen LogP contribution in [-0.2, 0) is 4.84 Å². The summed E-state index contributed by atoms with van der Waals surface area (Å²) in [5.41, 5.74) is 7.72. The van der Waals surface area contributed by atoms with Gasteiger partial charge >= 0.3 is 5.97 Å². The molecule has 0 radical (unpaired) electrons. The molecule has 0 amide bonds. The Bertz CT molecular complexity index is 712. The molecule has 114 valence electrons. The SMILES string of the molecule is COc1ccc(Cl)cc1C(=O)O/N=C(\N)c1ccc(C)cc1. The highest BCUT2D eigenvalue weighted by Gasteiger charge is 2.15. The first-order chi connectivity index (χ1) is 10.5. The molecule has 0 aliphatic carbocycles. The highest BCUT2D eigenvalue weighted by molar-refractivity contribution is 6.31. The molecule has 0 atom stereocenters. The number of carbonyl (C=O) groups is 1. The Hall–Kier alpha value is -2.53. The third kappa shape index (κ3) is 3.77. The summed E-state index contributed by atoms with van der Waals surface area (Å²) in [6, 6.07) is 12.0. The quantitative estimate of drug-likeness (QED) is 0.407. The molecule has 0 heterocycles. The lowest BCUT2D eigenvalue weighted by molar-refractivity contribution is 0.0512. The van der Waals surface area contributed by atoms with Crippen LogP contribution in [0.15, 0.2) is 47.6 Å². The zero-order chi connectivity index (χ0) is 16.1. The van der Waals surface area contributed by atoms with Gasteiger partial charge < -0.3 is 15.3 Å². The van der Waals surface area contributed by atoms with Crippen molar-refractivity contribution in [2.24, 2.45) is 10.9 Å². The zero-order valence-corrected chi connectivity index (χ0v) is 12.9. The number of hydrogen-bond donors (Lipinski definition) is 1. The maximum atomic E-state index is 12.0. The predicted octanol–water partition coefficient (Wildman–Crippen LogP) is 3.13. The Kier molecular flexibility index (Phi) is 5.01. The van der Waals surface area contributed by atoms with Crippen LogP contribution in [0.1, 0.15) is 21.5 Å². The Morgan fingerprint density at radius 2 is 1.86 bits per heavy atom. The van der Waals surface area contributed by atoms with Crippen LogP contribution in [0.3, 0.4) is 0 Å². The fourth-order valence-corrected chi connectivity index (χ4v) is 1.93. The van der Waals surface area contributed by atoms with Gasteiger partial charge in [0.05, 0.1) is 7.11 Å². The predicted molar refractivity (Wildman–Crippen MR) is 85.3 cm³/mol. The van der Waals surface area contributed by atoms with E-state index in [2.05, 4.69) is 5.16 Å². The minimum atomic E-state index is -0.700. The van der Waals surface area contributed by atoms with Gasteiger partial charge in [-0.25, -0.2) is 4.79 Å². The van der Waals surface area contributed by atoms with Gasteiger partial charge in [-0.3, -0.25) is 0 Å². The van der Waals surface area contributed by atoms with Gasteiger partial charge in [-0.2, -0.15) is 0 Å². The van der Waals surface area contributed by atoms with E-state index in [1.807, 2.05) is 19.1 Å². The number of amidine groups is 1. The Balaban J connectivity index is 2.17. The number of carbonyl (C=O) groups excluding carboxylic acids is 1. The molecule has 0 aliphatic rings. The van der Waals surface area contributed by atoms with Crippen LogP contribution in [0.25, 0.3) is 0 Å². The highest BCUT2D eigenvalue weighted by Crippen LogP contribution is 2.23. The molecule has 0 spiro atoms. The smallest absolute Gasteiger partial charge is 0.369 e. The molecule has 5 nitrogen and oxygen atoms in total. The number of ether oxygens (including phenoxy) is 1. The van der Waals surface area contributed by atoms with E-state index in [1.54, 1.807) is 24.3 Å². The fourth-order valence-electron chi connectivity index (χ4n) is 1.76. The van der Waals surface area contributed by atoms with Gasteiger partial charge in [0.15, 0.2) is 5.84 Å². The molecule has 0 unspecified atom stereocenters. The van der Waals surface area contributed by atoms with E-state index < -0.39 is 5.97 Å². The van der Waals surface area contributed by atoms with Gasteiger partial charge in [0, 0.05) is 10.6 Å². The molecule has 6 heteroatoms. The maximum absolute atomic E-state index is 12.0. The summed E-state index contributed by atoms with van der Waals surface area (Å²) in [7, 11) is 1.45. The first-order valence-corrected chi connectivity index (χ1v) is 6.84. The van der Waals surface area contributed by atoms with Crippen molar-refractivity contribution >= 4 is 23.4 Å². The largest absolute Gasteiger partial charge is 0.496 e. The summed E-state index contributed by atoms with van der Waals surface area (Å²) in [4.78, 5) is 16.9. The minimum absolute atomic E-state index is 0.106. The number of aryl methyl sites for hydroxylation is 1. The molecular weight excluding hydrogens is 304 g/mol. The number of nitrogens with zero attached hydrogens (tertiary/aromatic N) is 1. The van der Waals surface area contributed by atoms with Crippen LogP contribution < -0.4 is 10.5 Å². The summed E-state index contributed by atoms with van der Waals surface area (Å²) in [5, 5.41) is 4.04.